The van der Waals surface area contributed by atoms with Gasteiger partial charge in [0.1, 0.15) is 0 Å². The van der Waals surface area contributed by atoms with Crippen LogP contribution in [0.15, 0.2) is 54.7 Å². The number of carbonyl (C=O) groups is 2. The lowest BCUT2D eigenvalue weighted by atomic mass is 9.85. The van der Waals surface area contributed by atoms with Crippen LogP contribution in [0.4, 0.5) is 0 Å². The zero-order valence-corrected chi connectivity index (χ0v) is 20.6. The van der Waals surface area contributed by atoms with E-state index in [9.17, 15) is 9.59 Å². The number of para-hydroxylation sites is 2. The minimum absolute atomic E-state index is 0. The Bertz CT molecular complexity index is 1580. The molecule has 6 nitrogen and oxygen atoms in total. The highest BCUT2D eigenvalue weighted by Crippen LogP contribution is 2.44. The number of halogens is 1. The van der Waals surface area contributed by atoms with E-state index in [0.717, 1.165) is 59.0 Å². The highest BCUT2D eigenvalue weighted by Gasteiger charge is 2.41. The van der Waals surface area contributed by atoms with Gasteiger partial charge in [-0.1, -0.05) is 36.4 Å². The molecule has 2 aromatic carbocycles. The summed E-state index contributed by atoms with van der Waals surface area (Å²) in [5.41, 5.74) is 6.15. The lowest BCUT2D eigenvalue weighted by Gasteiger charge is -2.28. The summed E-state index contributed by atoms with van der Waals surface area (Å²) in [6.07, 6.45) is 2.90. The summed E-state index contributed by atoms with van der Waals surface area (Å²) in [5, 5.41) is 4.67. The Morgan fingerprint density at radius 3 is 2.26 bits per heavy atom. The largest absolute Gasteiger partial charge is 0.350 e. The second-order valence-electron chi connectivity index (χ2n) is 10.1. The zero-order chi connectivity index (χ0) is 23.1. The maximum absolute atomic E-state index is 13.4. The maximum atomic E-state index is 13.4. The van der Waals surface area contributed by atoms with Crippen molar-refractivity contribution in [2.45, 2.75) is 13.0 Å². The fraction of sp³-hybridized carbons (Fsp3) is 0.286. The first-order valence-electron chi connectivity index (χ1n) is 11.9. The third-order valence-electron chi connectivity index (χ3n) is 8.06. The molecule has 2 unspecified atom stereocenters. The van der Waals surface area contributed by atoms with E-state index in [0.29, 0.717) is 23.0 Å². The molecular formula is C28H27ClN4O2. The Balaban J connectivity index is 0.00000229. The van der Waals surface area contributed by atoms with E-state index in [-0.39, 0.29) is 24.2 Å². The molecule has 0 aliphatic carbocycles. The average Bonchev–Trinajstić information content (AvgIpc) is 3.53. The van der Waals surface area contributed by atoms with E-state index < -0.39 is 0 Å². The van der Waals surface area contributed by atoms with Crippen LogP contribution < -0.4 is 5.32 Å². The van der Waals surface area contributed by atoms with Crippen molar-refractivity contribution in [3.63, 3.8) is 0 Å². The van der Waals surface area contributed by atoms with Crippen molar-refractivity contribution in [3.05, 3.63) is 71.5 Å². The summed E-state index contributed by atoms with van der Waals surface area (Å²) < 4.78 is 4.44. The van der Waals surface area contributed by atoms with Gasteiger partial charge >= 0.3 is 0 Å². The molecular weight excluding hydrogens is 460 g/mol. The van der Waals surface area contributed by atoms with Gasteiger partial charge in [0.05, 0.1) is 11.1 Å². The van der Waals surface area contributed by atoms with Crippen LogP contribution in [0.1, 0.15) is 16.8 Å². The molecule has 0 bridgehead atoms. The molecule has 2 aromatic heterocycles. The zero-order valence-electron chi connectivity index (χ0n) is 19.7. The predicted octanol–water partition coefficient (Wildman–Crippen LogP) is 3.86. The van der Waals surface area contributed by atoms with Gasteiger partial charge in [-0.2, -0.15) is 0 Å². The van der Waals surface area contributed by atoms with E-state index in [1.807, 2.05) is 48.1 Å². The summed E-state index contributed by atoms with van der Waals surface area (Å²) in [6, 6.07) is 16.4. The predicted molar refractivity (Wildman–Crippen MR) is 140 cm³/mol. The molecule has 1 saturated heterocycles. The van der Waals surface area contributed by atoms with Gasteiger partial charge in [0.25, 0.3) is 11.8 Å². The first-order valence-corrected chi connectivity index (χ1v) is 11.9. The quantitative estimate of drug-likeness (QED) is 0.438. The number of aromatic nitrogens is 2. The molecule has 2 amide bonds. The fourth-order valence-electron chi connectivity index (χ4n) is 6.64. The van der Waals surface area contributed by atoms with Crippen LogP contribution in [-0.4, -0.2) is 46.0 Å². The van der Waals surface area contributed by atoms with E-state index in [2.05, 4.69) is 40.0 Å². The molecule has 3 aliphatic heterocycles. The number of rotatable bonds is 2. The number of carbonyl (C=O) groups excluding carboxylic acids is 2. The Morgan fingerprint density at radius 1 is 0.800 bits per heavy atom. The number of likely N-dealkylation sites (tertiary alicyclic amines) is 1. The van der Waals surface area contributed by atoms with Crippen molar-refractivity contribution in [2.24, 2.45) is 18.9 Å². The highest BCUT2D eigenvalue weighted by atomic mass is 35.5. The third-order valence-corrected chi connectivity index (χ3v) is 8.06. The molecule has 1 N–H and O–H groups in total. The van der Waals surface area contributed by atoms with Crippen molar-refractivity contribution in [3.8, 4) is 0 Å². The third kappa shape index (κ3) is 3.06. The number of amides is 2. The topological polar surface area (TPSA) is 59.3 Å². The van der Waals surface area contributed by atoms with Gasteiger partial charge in [0, 0.05) is 71.5 Å². The van der Waals surface area contributed by atoms with Crippen LogP contribution in [0, 0.1) is 11.8 Å². The number of hydrogen-bond donors (Lipinski definition) is 1. The minimum atomic E-state index is -0.310. The summed E-state index contributed by atoms with van der Waals surface area (Å²) in [7, 11) is 4.17. The Labute approximate surface area is 209 Å². The first kappa shape index (κ1) is 22.1. The number of hydrogen-bond acceptors (Lipinski definition) is 3. The normalized spacial score (nSPS) is 22.0. The molecule has 0 radical (unpaired) electrons. The van der Waals surface area contributed by atoms with Crippen LogP contribution >= 0.6 is 12.4 Å². The fourth-order valence-corrected chi connectivity index (χ4v) is 6.64. The molecule has 7 rings (SSSR count). The van der Waals surface area contributed by atoms with Crippen molar-refractivity contribution >= 4 is 57.2 Å². The summed E-state index contributed by atoms with van der Waals surface area (Å²) in [6.45, 7) is 3.14. The second kappa shape index (κ2) is 7.83. The molecule has 0 saturated carbocycles. The van der Waals surface area contributed by atoms with Crippen molar-refractivity contribution < 1.29 is 9.59 Å². The van der Waals surface area contributed by atoms with Crippen LogP contribution in [0.3, 0.4) is 0 Å². The van der Waals surface area contributed by atoms with Gasteiger partial charge in [0.15, 0.2) is 0 Å². The number of imide groups is 1. The van der Waals surface area contributed by atoms with Gasteiger partial charge in [-0.3, -0.25) is 14.9 Å². The smallest absolute Gasteiger partial charge is 0.259 e. The van der Waals surface area contributed by atoms with Crippen LogP contribution in [0.25, 0.3) is 33.0 Å². The van der Waals surface area contributed by atoms with Gasteiger partial charge in [-0.05, 0) is 37.4 Å². The number of nitrogens with one attached hydrogen (secondary N) is 1. The van der Waals surface area contributed by atoms with E-state index in [4.69, 9.17) is 0 Å². The lowest BCUT2D eigenvalue weighted by molar-refractivity contribution is -0.122. The number of benzene rings is 2. The molecule has 1 fully saturated rings. The summed E-state index contributed by atoms with van der Waals surface area (Å²) in [4.78, 5) is 29.1. The Morgan fingerprint density at radius 2 is 1.46 bits per heavy atom. The van der Waals surface area contributed by atoms with Crippen molar-refractivity contribution in [2.75, 3.05) is 20.1 Å². The van der Waals surface area contributed by atoms with Crippen LogP contribution in [-0.2, 0) is 29.6 Å². The second-order valence-corrected chi connectivity index (χ2v) is 10.1. The molecule has 7 heteroatoms. The van der Waals surface area contributed by atoms with E-state index >= 15 is 0 Å². The van der Waals surface area contributed by atoms with Gasteiger partial charge in [-0.25, -0.2) is 0 Å². The lowest BCUT2D eigenvalue weighted by Crippen LogP contribution is -2.28. The van der Waals surface area contributed by atoms with Gasteiger partial charge in [0.2, 0.25) is 0 Å². The van der Waals surface area contributed by atoms with E-state index in [1.165, 1.54) is 5.69 Å². The standard InChI is InChI=1S/C28H26N4O2.ClH/c1-30-12-16-11-23-24(19-8-4-6-10-22(19)32(23)14-17(16)13-30)26-25(27(33)29-28(26)34)20-15-31(2)21-9-5-3-7-18(20)21;/h3-10,15-17H,11-14H2,1-2H3,(H,29,33,34);1H. The molecule has 5 heterocycles. The van der Waals surface area contributed by atoms with Crippen molar-refractivity contribution in [1.29, 1.82) is 0 Å². The monoisotopic (exact) mass is 486 g/mol. The molecule has 4 aromatic rings. The van der Waals surface area contributed by atoms with Gasteiger partial charge < -0.3 is 14.0 Å². The van der Waals surface area contributed by atoms with Gasteiger partial charge in [-0.15, -0.1) is 12.4 Å². The van der Waals surface area contributed by atoms with Crippen LogP contribution in [0.5, 0.6) is 0 Å². The Hall–Kier alpha value is -3.35. The summed E-state index contributed by atoms with van der Waals surface area (Å²) in [5.74, 6) is 0.585. The minimum Gasteiger partial charge on any atom is -0.350 e. The Kier molecular flexibility index (Phi) is 4.95. The number of nitrogens with zero attached hydrogens (tertiary/aromatic N) is 3. The highest BCUT2D eigenvalue weighted by molar-refractivity contribution is 6.51. The molecule has 2 atom stereocenters. The number of aryl methyl sites for hydroxylation is 1. The maximum Gasteiger partial charge on any atom is 0.259 e. The SMILES string of the molecule is CN1CC2Cc3c(C4=C(c5cn(C)c6ccccc56)C(=O)NC4=O)c4ccccc4n3CC2C1.Cl. The molecule has 0 spiro atoms. The molecule has 3 aliphatic rings. The van der Waals surface area contributed by atoms with Crippen LogP contribution in [0.2, 0.25) is 0 Å². The molecule has 35 heavy (non-hydrogen) atoms. The molecule has 178 valence electrons. The van der Waals surface area contributed by atoms with Crippen molar-refractivity contribution in [1.82, 2.24) is 19.4 Å². The summed E-state index contributed by atoms with van der Waals surface area (Å²) >= 11 is 0. The number of fused-ring (bicyclic) bond motifs is 5. The van der Waals surface area contributed by atoms with E-state index in [1.54, 1.807) is 0 Å². The average molecular weight is 487 g/mol. The first-order chi connectivity index (χ1) is 16.5.